The minimum atomic E-state index is -0.474. The molecule has 1 aliphatic rings. The maximum absolute atomic E-state index is 12.1. The van der Waals surface area contributed by atoms with Gasteiger partial charge in [0.2, 0.25) is 0 Å². The summed E-state index contributed by atoms with van der Waals surface area (Å²) in [7, 11) is 5.72. The molecule has 0 aliphatic carbocycles. The van der Waals surface area contributed by atoms with Crippen LogP contribution in [0.1, 0.15) is 44.3 Å². The van der Waals surface area contributed by atoms with Crippen molar-refractivity contribution in [2.75, 3.05) is 6.54 Å². The minimum absolute atomic E-state index is 0.0721. The Morgan fingerprint density at radius 1 is 1.56 bits per heavy atom. The highest BCUT2D eigenvalue weighted by Gasteiger charge is 2.32. The van der Waals surface area contributed by atoms with Crippen LogP contribution in [0.3, 0.4) is 0 Å². The molecular formula is C12H17BN2O2S. The third-order valence-corrected chi connectivity index (χ3v) is 3.78. The maximum atomic E-state index is 12.1. The third-order valence-electron chi connectivity index (χ3n) is 2.82. The summed E-state index contributed by atoms with van der Waals surface area (Å²) < 4.78 is 5.40. The van der Waals surface area contributed by atoms with Gasteiger partial charge in [-0.1, -0.05) is 0 Å². The molecule has 18 heavy (non-hydrogen) atoms. The van der Waals surface area contributed by atoms with Gasteiger partial charge in [-0.25, -0.2) is 4.79 Å². The summed E-state index contributed by atoms with van der Waals surface area (Å²) in [6.07, 6.45) is 0.514. The summed E-state index contributed by atoms with van der Waals surface area (Å²) in [5.41, 5.74) is 0.438. The van der Waals surface area contributed by atoms with Crippen LogP contribution in [0.25, 0.3) is 0 Å². The van der Waals surface area contributed by atoms with Crippen molar-refractivity contribution in [3.63, 3.8) is 0 Å². The van der Waals surface area contributed by atoms with Crippen LogP contribution in [-0.2, 0) is 11.2 Å². The molecule has 1 atom stereocenters. The van der Waals surface area contributed by atoms with Crippen LogP contribution < -0.4 is 4.91 Å². The van der Waals surface area contributed by atoms with E-state index in [0.717, 1.165) is 12.1 Å². The van der Waals surface area contributed by atoms with Crippen LogP contribution in [0.4, 0.5) is 4.79 Å². The fraction of sp³-hybridized carbons (Fsp3) is 0.667. The molecule has 0 aromatic carbocycles. The fourth-order valence-corrected chi connectivity index (χ4v) is 2.93. The summed E-state index contributed by atoms with van der Waals surface area (Å²) in [6.45, 7) is 8.22. The van der Waals surface area contributed by atoms with Crippen molar-refractivity contribution < 1.29 is 9.53 Å². The maximum Gasteiger partial charge on any atom is 0.410 e. The Hall–Kier alpha value is -1.04. The lowest BCUT2D eigenvalue weighted by molar-refractivity contribution is 0.0157. The SMILES string of the molecule is [B]c1nc2c(s1)CCN(C(=O)OC(C)(C)C)C2C. The van der Waals surface area contributed by atoms with E-state index in [1.807, 2.05) is 27.7 Å². The Labute approximate surface area is 113 Å². The molecule has 0 fully saturated rings. The van der Waals surface area contributed by atoms with E-state index >= 15 is 0 Å². The van der Waals surface area contributed by atoms with Crippen molar-refractivity contribution in [3.05, 3.63) is 10.6 Å². The number of carbonyl (C=O) groups excluding carboxylic acids is 1. The number of nitrogens with zero attached hydrogens (tertiary/aromatic N) is 2. The predicted molar refractivity (Wildman–Crippen MR) is 72.6 cm³/mol. The van der Waals surface area contributed by atoms with Crippen molar-refractivity contribution in [2.24, 2.45) is 0 Å². The number of thiazole rings is 1. The van der Waals surface area contributed by atoms with Gasteiger partial charge in [0.05, 0.1) is 11.7 Å². The van der Waals surface area contributed by atoms with Gasteiger partial charge in [-0.05, 0) is 27.7 Å². The van der Waals surface area contributed by atoms with Gasteiger partial charge in [0.1, 0.15) is 5.60 Å². The topological polar surface area (TPSA) is 42.4 Å². The Bertz CT molecular complexity index is 467. The van der Waals surface area contributed by atoms with Crippen LogP contribution in [0.2, 0.25) is 0 Å². The summed E-state index contributed by atoms with van der Waals surface area (Å²) in [5, 5.41) is 0. The summed E-state index contributed by atoms with van der Waals surface area (Å²) >= 11 is 1.51. The van der Waals surface area contributed by atoms with E-state index in [1.165, 1.54) is 16.2 Å². The average molecular weight is 264 g/mol. The summed E-state index contributed by atoms with van der Waals surface area (Å²) in [5.74, 6) is 0. The molecule has 1 aliphatic heterocycles. The molecule has 0 N–H and O–H groups in total. The Kier molecular flexibility index (Phi) is 3.40. The first kappa shape index (κ1) is 13.4. The fourth-order valence-electron chi connectivity index (χ4n) is 2.02. The smallest absolute Gasteiger partial charge is 0.410 e. The molecule has 2 rings (SSSR count). The summed E-state index contributed by atoms with van der Waals surface area (Å²) in [4.78, 5) is 19.9. The molecule has 6 heteroatoms. The third kappa shape index (κ3) is 2.69. The second-order valence-corrected chi connectivity index (χ2v) is 6.58. The zero-order chi connectivity index (χ0) is 13.5. The van der Waals surface area contributed by atoms with E-state index in [-0.39, 0.29) is 12.1 Å². The molecule has 2 radical (unpaired) electrons. The molecule has 0 saturated carbocycles. The molecule has 4 nitrogen and oxygen atoms in total. The Morgan fingerprint density at radius 3 is 2.83 bits per heavy atom. The number of hydrogen-bond donors (Lipinski definition) is 0. The quantitative estimate of drug-likeness (QED) is 0.671. The van der Waals surface area contributed by atoms with Crippen LogP contribution in [0, 0.1) is 0 Å². The molecule has 1 unspecified atom stereocenters. The lowest BCUT2D eigenvalue weighted by atomic mass is 10.1. The number of carbonyl (C=O) groups is 1. The average Bonchev–Trinajstić information content (AvgIpc) is 2.57. The highest BCUT2D eigenvalue weighted by molar-refractivity contribution is 7.19. The van der Waals surface area contributed by atoms with E-state index in [9.17, 15) is 4.79 Å². The number of amides is 1. The van der Waals surface area contributed by atoms with Gasteiger partial charge in [-0.15, -0.1) is 11.3 Å². The van der Waals surface area contributed by atoms with Crippen LogP contribution in [0.15, 0.2) is 0 Å². The van der Waals surface area contributed by atoms with Gasteiger partial charge in [0, 0.05) is 22.7 Å². The molecular weight excluding hydrogens is 247 g/mol. The lowest BCUT2D eigenvalue weighted by Crippen LogP contribution is -2.42. The molecule has 1 aromatic heterocycles. The van der Waals surface area contributed by atoms with Crippen LogP contribution >= 0.6 is 11.3 Å². The Morgan fingerprint density at radius 2 is 2.22 bits per heavy atom. The van der Waals surface area contributed by atoms with Gasteiger partial charge in [-0.3, -0.25) is 9.88 Å². The number of ether oxygens (including phenoxy) is 1. The van der Waals surface area contributed by atoms with Crippen molar-refractivity contribution in [2.45, 2.75) is 45.8 Å². The highest BCUT2D eigenvalue weighted by Crippen LogP contribution is 2.30. The molecule has 0 saturated heterocycles. The van der Waals surface area contributed by atoms with Crippen molar-refractivity contribution in [3.8, 4) is 0 Å². The number of hydrogen-bond acceptors (Lipinski definition) is 4. The molecule has 0 bridgehead atoms. The van der Waals surface area contributed by atoms with E-state index in [2.05, 4.69) is 4.98 Å². The first-order chi connectivity index (χ1) is 8.28. The highest BCUT2D eigenvalue weighted by atomic mass is 32.1. The molecule has 0 spiro atoms. The van der Waals surface area contributed by atoms with Crippen molar-refractivity contribution in [1.82, 2.24) is 9.88 Å². The monoisotopic (exact) mass is 264 g/mol. The molecule has 1 aromatic rings. The van der Waals surface area contributed by atoms with Gasteiger partial charge in [0.25, 0.3) is 0 Å². The van der Waals surface area contributed by atoms with Crippen molar-refractivity contribution >= 4 is 30.2 Å². The van der Waals surface area contributed by atoms with Gasteiger partial charge < -0.3 is 4.74 Å². The van der Waals surface area contributed by atoms with Gasteiger partial charge in [-0.2, -0.15) is 0 Å². The zero-order valence-electron chi connectivity index (χ0n) is 11.2. The van der Waals surface area contributed by atoms with E-state index in [0.29, 0.717) is 11.5 Å². The Balaban J connectivity index is 2.16. The van der Waals surface area contributed by atoms with Crippen molar-refractivity contribution in [1.29, 1.82) is 0 Å². The van der Waals surface area contributed by atoms with E-state index in [1.54, 1.807) is 4.90 Å². The second-order valence-electron chi connectivity index (χ2n) is 5.46. The van der Waals surface area contributed by atoms with Gasteiger partial charge >= 0.3 is 6.09 Å². The largest absolute Gasteiger partial charge is 0.444 e. The first-order valence-corrected chi connectivity index (χ1v) is 6.84. The first-order valence-electron chi connectivity index (χ1n) is 6.02. The number of aromatic nitrogens is 1. The van der Waals surface area contributed by atoms with Gasteiger partial charge in [0.15, 0.2) is 7.85 Å². The summed E-state index contributed by atoms with van der Waals surface area (Å²) in [6, 6.07) is -0.0721. The number of rotatable bonds is 0. The number of fused-ring (bicyclic) bond motifs is 1. The molecule has 96 valence electrons. The van der Waals surface area contributed by atoms with E-state index in [4.69, 9.17) is 12.6 Å². The molecule has 2 heterocycles. The lowest BCUT2D eigenvalue weighted by Gasteiger charge is -2.34. The van der Waals surface area contributed by atoms with Crippen LogP contribution in [0.5, 0.6) is 0 Å². The minimum Gasteiger partial charge on any atom is -0.444 e. The molecule has 1 amide bonds. The second kappa shape index (κ2) is 4.57. The normalized spacial score (nSPS) is 19.6. The van der Waals surface area contributed by atoms with Crippen LogP contribution in [-0.4, -0.2) is 36.0 Å². The zero-order valence-corrected chi connectivity index (χ0v) is 12.0. The predicted octanol–water partition coefficient (Wildman–Crippen LogP) is 1.79. The standard InChI is InChI=1S/C12H17BN2O2S/c1-7-9-8(18-10(13)14-9)5-6-15(7)11(16)17-12(2,3)4/h7H,5-6H2,1-4H3. The van der Waals surface area contributed by atoms with E-state index < -0.39 is 5.60 Å².